The highest BCUT2D eigenvalue weighted by molar-refractivity contribution is 9.10. The zero-order chi connectivity index (χ0) is 13.0. The molecule has 100 valence electrons. The van der Waals surface area contributed by atoms with E-state index in [2.05, 4.69) is 22.0 Å². The maximum Gasteiger partial charge on any atom is 0.0449 e. The lowest BCUT2D eigenvalue weighted by atomic mass is 9.84. The Balaban J connectivity index is 1.87. The van der Waals surface area contributed by atoms with E-state index in [4.69, 9.17) is 17.3 Å². The lowest BCUT2D eigenvalue weighted by molar-refractivity contribution is 0.317. The number of nitrogens with two attached hydrogens (primary N) is 1. The minimum atomic E-state index is 0.242. The lowest BCUT2D eigenvalue weighted by Crippen LogP contribution is -2.27. The van der Waals surface area contributed by atoms with Crippen molar-refractivity contribution in [2.75, 3.05) is 0 Å². The van der Waals surface area contributed by atoms with Crippen LogP contribution in [0.25, 0.3) is 0 Å². The van der Waals surface area contributed by atoms with Crippen LogP contribution in [-0.4, -0.2) is 6.04 Å². The van der Waals surface area contributed by atoms with Gasteiger partial charge in [0.25, 0.3) is 0 Å². The third-order valence-corrected chi connectivity index (χ3v) is 4.70. The fourth-order valence-corrected chi connectivity index (χ4v) is 3.65. The molecule has 1 aliphatic rings. The Morgan fingerprint density at radius 2 is 2.00 bits per heavy atom. The Hall–Kier alpha value is -0.0500. The standard InChI is InChI=1S/C15H21BrClN/c16-13-7-6-12(15(17)10-13)9-14(18)8-11-4-2-1-3-5-11/h6-7,10-11,14H,1-5,8-9,18H2. The van der Waals surface area contributed by atoms with E-state index in [9.17, 15) is 0 Å². The van der Waals surface area contributed by atoms with E-state index in [1.54, 1.807) is 0 Å². The first-order chi connectivity index (χ1) is 8.65. The summed E-state index contributed by atoms with van der Waals surface area (Å²) in [4.78, 5) is 0. The molecule has 1 aromatic rings. The highest BCUT2D eigenvalue weighted by Gasteiger charge is 2.17. The Labute approximate surface area is 123 Å². The summed E-state index contributed by atoms with van der Waals surface area (Å²) in [6, 6.07) is 6.30. The molecule has 2 N–H and O–H groups in total. The number of benzene rings is 1. The Morgan fingerprint density at radius 3 is 2.67 bits per heavy atom. The van der Waals surface area contributed by atoms with Gasteiger partial charge in [0.15, 0.2) is 0 Å². The Kier molecular flexibility index (Phi) is 5.53. The quantitative estimate of drug-likeness (QED) is 0.831. The predicted molar refractivity (Wildman–Crippen MR) is 82.0 cm³/mol. The molecule has 0 saturated heterocycles. The van der Waals surface area contributed by atoms with Gasteiger partial charge in [-0.05, 0) is 36.5 Å². The Morgan fingerprint density at radius 1 is 1.28 bits per heavy atom. The van der Waals surface area contributed by atoms with Crippen LogP contribution in [0.3, 0.4) is 0 Å². The lowest BCUT2D eigenvalue weighted by Gasteiger charge is -2.24. The number of hydrogen-bond acceptors (Lipinski definition) is 1. The molecule has 0 aromatic heterocycles. The third-order valence-electron chi connectivity index (χ3n) is 3.86. The van der Waals surface area contributed by atoms with Crippen molar-refractivity contribution < 1.29 is 0 Å². The van der Waals surface area contributed by atoms with Crippen molar-refractivity contribution >= 4 is 27.5 Å². The number of halogens is 2. The fraction of sp³-hybridized carbons (Fsp3) is 0.600. The second kappa shape index (κ2) is 6.93. The van der Waals surface area contributed by atoms with Crippen LogP contribution in [-0.2, 0) is 6.42 Å². The molecule has 1 aliphatic carbocycles. The van der Waals surface area contributed by atoms with Crippen molar-refractivity contribution in [3.05, 3.63) is 33.3 Å². The molecule has 18 heavy (non-hydrogen) atoms. The van der Waals surface area contributed by atoms with Crippen LogP contribution in [0, 0.1) is 5.92 Å². The molecule has 0 spiro atoms. The van der Waals surface area contributed by atoms with Crippen LogP contribution < -0.4 is 5.73 Å². The summed E-state index contributed by atoms with van der Waals surface area (Å²) in [6.45, 7) is 0. The highest BCUT2D eigenvalue weighted by Crippen LogP contribution is 2.28. The van der Waals surface area contributed by atoms with E-state index in [0.29, 0.717) is 0 Å². The second-order valence-electron chi connectivity index (χ2n) is 5.44. The second-order valence-corrected chi connectivity index (χ2v) is 6.76. The van der Waals surface area contributed by atoms with Gasteiger partial charge in [-0.1, -0.05) is 65.7 Å². The van der Waals surface area contributed by atoms with E-state index in [1.807, 2.05) is 12.1 Å². The van der Waals surface area contributed by atoms with Crippen molar-refractivity contribution in [1.29, 1.82) is 0 Å². The molecule has 1 aromatic carbocycles. The van der Waals surface area contributed by atoms with Gasteiger partial charge in [-0.2, -0.15) is 0 Å². The molecule has 0 aliphatic heterocycles. The van der Waals surface area contributed by atoms with E-state index < -0.39 is 0 Å². The van der Waals surface area contributed by atoms with E-state index in [1.165, 1.54) is 37.7 Å². The summed E-state index contributed by atoms with van der Waals surface area (Å²) in [7, 11) is 0. The van der Waals surface area contributed by atoms with Crippen LogP contribution in [0.1, 0.15) is 44.1 Å². The summed E-state index contributed by atoms with van der Waals surface area (Å²) in [5.41, 5.74) is 7.44. The van der Waals surface area contributed by atoms with E-state index >= 15 is 0 Å². The highest BCUT2D eigenvalue weighted by atomic mass is 79.9. The summed E-state index contributed by atoms with van der Waals surface area (Å²) < 4.78 is 1.03. The molecular weight excluding hydrogens is 310 g/mol. The molecule has 1 fully saturated rings. The van der Waals surface area contributed by atoms with Gasteiger partial charge in [-0.25, -0.2) is 0 Å². The van der Waals surface area contributed by atoms with Crippen LogP contribution in [0.2, 0.25) is 5.02 Å². The van der Waals surface area contributed by atoms with Gasteiger partial charge >= 0.3 is 0 Å². The number of rotatable bonds is 4. The van der Waals surface area contributed by atoms with Gasteiger partial charge in [-0.15, -0.1) is 0 Å². The summed E-state index contributed by atoms with van der Waals surface area (Å²) in [5.74, 6) is 0.836. The maximum absolute atomic E-state index is 6.27. The molecule has 3 heteroatoms. The minimum absolute atomic E-state index is 0.242. The van der Waals surface area contributed by atoms with E-state index in [-0.39, 0.29) is 6.04 Å². The normalized spacial score (nSPS) is 18.8. The van der Waals surface area contributed by atoms with Gasteiger partial charge < -0.3 is 5.73 Å². The molecule has 0 radical (unpaired) electrons. The molecular formula is C15H21BrClN. The van der Waals surface area contributed by atoms with Gasteiger partial charge in [0, 0.05) is 15.5 Å². The summed E-state index contributed by atoms with van der Waals surface area (Å²) in [6.07, 6.45) is 8.94. The average molecular weight is 331 g/mol. The minimum Gasteiger partial charge on any atom is -0.327 e. The monoisotopic (exact) mass is 329 g/mol. The largest absolute Gasteiger partial charge is 0.327 e. The van der Waals surface area contributed by atoms with Crippen LogP contribution in [0.4, 0.5) is 0 Å². The zero-order valence-electron chi connectivity index (χ0n) is 10.7. The van der Waals surface area contributed by atoms with Crippen molar-refractivity contribution in [3.63, 3.8) is 0 Å². The fourth-order valence-electron chi connectivity index (χ4n) is 2.90. The van der Waals surface area contributed by atoms with Crippen molar-refractivity contribution in [2.24, 2.45) is 11.7 Å². The molecule has 1 unspecified atom stereocenters. The molecule has 1 saturated carbocycles. The first-order valence-corrected chi connectivity index (χ1v) is 8.02. The van der Waals surface area contributed by atoms with Crippen LogP contribution in [0.5, 0.6) is 0 Å². The molecule has 1 nitrogen and oxygen atoms in total. The van der Waals surface area contributed by atoms with Crippen molar-refractivity contribution in [3.8, 4) is 0 Å². The summed E-state index contributed by atoms with van der Waals surface area (Å²) >= 11 is 9.66. The molecule has 2 rings (SSSR count). The van der Waals surface area contributed by atoms with E-state index in [0.717, 1.165) is 28.3 Å². The SMILES string of the molecule is NC(Cc1ccc(Br)cc1Cl)CC1CCCCC1. The topological polar surface area (TPSA) is 26.0 Å². The molecule has 0 bridgehead atoms. The van der Waals surface area contributed by atoms with Gasteiger partial charge in [0.1, 0.15) is 0 Å². The smallest absolute Gasteiger partial charge is 0.0449 e. The van der Waals surface area contributed by atoms with Gasteiger partial charge in [0.05, 0.1) is 0 Å². The van der Waals surface area contributed by atoms with Crippen LogP contribution in [0.15, 0.2) is 22.7 Å². The van der Waals surface area contributed by atoms with Crippen LogP contribution >= 0.6 is 27.5 Å². The Bertz CT molecular complexity index is 388. The molecule has 0 amide bonds. The number of hydrogen-bond donors (Lipinski definition) is 1. The van der Waals surface area contributed by atoms with Crippen molar-refractivity contribution in [1.82, 2.24) is 0 Å². The average Bonchev–Trinajstić information content (AvgIpc) is 2.34. The van der Waals surface area contributed by atoms with Crippen molar-refractivity contribution in [2.45, 2.75) is 51.0 Å². The first kappa shape index (κ1) is 14.4. The van der Waals surface area contributed by atoms with Gasteiger partial charge in [0.2, 0.25) is 0 Å². The maximum atomic E-state index is 6.27. The third kappa shape index (κ3) is 4.25. The summed E-state index contributed by atoms with van der Waals surface area (Å²) in [5, 5.41) is 0.823. The molecule has 1 atom stereocenters. The predicted octanol–water partition coefficient (Wildman–Crippen LogP) is 4.94. The first-order valence-electron chi connectivity index (χ1n) is 6.84. The zero-order valence-corrected chi connectivity index (χ0v) is 13.0. The van der Waals surface area contributed by atoms with Gasteiger partial charge in [-0.3, -0.25) is 0 Å². The molecule has 0 heterocycles.